The Hall–Kier alpha value is -2.21. The van der Waals surface area contributed by atoms with Crippen molar-refractivity contribution in [3.63, 3.8) is 0 Å². The van der Waals surface area contributed by atoms with Gasteiger partial charge < -0.3 is 16.2 Å². The summed E-state index contributed by atoms with van der Waals surface area (Å²) in [6.45, 7) is 0.0594. The van der Waals surface area contributed by atoms with E-state index >= 15 is 0 Å². The SMILES string of the molecule is NCc1ccc(NC(=O)C2(C(=O)O)CC=CCC2)cc1F. The van der Waals surface area contributed by atoms with Gasteiger partial charge in [0.15, 0.2) is 0 Å². The summed E-state index contributed by atoms with van der Waals surface area (Å²) in [6, 6.07) is 4.13. The molecule has 0 bridgehead atoms. The van der Waals surface area contributed by atoms with Gasteiger partial charge in [-0.05, 0) is 31.4 Å². The Morgan fingerprint density at radius 2 is 2.14 bits per heavy atom. The van der Waals surface area contributed by atoms with Crippen LogP contribution < -0.4 is 11.1 Å². The highest BCUT2D eigenvalue weighted by Gasteiger charge is 2.45. The van der Waals surface area contributed by atoms with Gasteiger partial charge in [-0.1, -0.05) is 18.2 Å². The number of allylic oxidation sites excluding steroid dienone is 2. The minimum Gasteiger partial charge on any atom is -0.480 e. The van der Waals surface area contributed by atoms with Crippen molar-refractivity contribution in [1.82, 2.24) is 0 Å². The lowest BCUT2D eigenvalue weighted by Gasteiger charge is -2.29. The van der Waals surface area contributed by atoms with Gasteiger partial charge in [0.25, 0.3) is 0 Å². The van der Waals surface area contributed by atoms with E-state index in [1.54, 1.807) is 6.08 Å². The molecule has 1 amide bonds. The molecule has 21 heavy (non-hydrogen) atoms. The van der Waals surface area contributed by atoms with Crippen molar-refractivity contribution in [1.29, 1.82) is 0 Å². The first kappa shape index (κ1) is 15.2. The van der Waals surface area contributed by atoms with Crippen molar-refractivity contribution in [2.45, 2.75) is 25.8 Å². The minimum atomic E-state index is -1.49. The zero-order valence-electron chi connectivity index (χ0n) is 11.4. The summed E-state index contributed by atoms with van der Waals surface area (Å²) in [5, 5.41) is 11.9. The van der Waals surface area contributed by atoms with Crippen LogP contribution in [0.2, 0.25) is 0 Å². The van der Waals surface area contributed by atoms with E-state index in [1.165, 1.54) is 12.1 Å². The van der Waals surface area contributed by atoms with Crippen molar-refractivity contribution >= 4 is 17.6 Å². The minimum absolute atomic E-state index is 0.0594. The predicted octanol–water partition coefficient (Wildman–Crippen LogP) is 2.03. The summed E-state index contributed by atoms with van der Waals surface area (Å²) in [7, 11) is 0. The number of nitrogens with two attached hydrogens (primary N) is 1. The third-order valence-corrected chi connectivity index (χ3v) is 3.75. The number of carboxylic acid groups (broad SMARTS) is 1. The van der Waals surface area contributed by atoms with Crippen LogP contribution in [0, 0.1) is 11.2 Å². The third-order valence-electron chi connectivity index (χ3n) is 3.75. The maximum Gasteiger partial charge on any atom is 0.319 e. The van der Waals surface area contributed by atoms with Gasteiger partial charge in [0.2, 0.25) is 5.91 Å². The molecule has 112 valence electrons. The smallest absolute Gasteiger partial charge is 0.319 e. The largest absolute Gasteiger partial charge is 0.480 e. The van der Waals surface area contributed by atoms with Crippen LogP contribution in [0.4, 0.5) is 10.1 Å². The van der Waals surface area contributed by atoms with E-state index in [-0.39, 0.29) is 25.1 Å². The molecular weight excluding hydrogens is 275 g/mol. The number of aliphatic carboxylic acids is 1. The van der Waals surface area contributed by atoms with Crippen LogP contribution in [0.25, 0.3) is 0 Å². The second-order valence-corrected chi connectivity index (χ2v) is 5.07. The van der Waals surface area contributed by atoms with Crippen LogP contribution in [-0.4, -0.2) is 17.0 Å². The summed E-state index contributed by atoms with van der Waals surface area (Å²) in [5.74, 6) is -2.31. The van der Waals surface area contributed by atoms with E-state index in [9.17, 15) is 19.1 Å². The fourth-order valence-electron chi connectivity index (χ4n) is 2.37. The van der Waals surface area contributed by atoms with E-state index < -0.39 is 23.1 Å². The van der Waals surface area contributed by atoms with E-state index in [4.69, 9.17) is 5.73 Å². The van der Waals surface area contributed by atoms with E-state index in [0.29, 0.717) is 12.0 Å². The average Bonchev–Trinajstić information content (AvgIpc) is 2.48. The van der Waals surface area contributed by atoms with Gasteiger partial charge in [0.05, 0.1) is 0 Å². The molecule has 1 atom stereocenters. The molecule has 1 aliphatic rings. The van der Waals surface area contributed by atoms with E-state index in [0.717, 1.165) is 6.07 Å². The number of benzene rings is 1. The molecule has 0 aromatic heterocycles. The molecule has 6 heteroatoms. The van der Waals surface area contributed by atoms with E-state index in [2.05, 4.69) is 5.32 Å². The number of carboxylic acids is 1. The number of hydrogen-bond acceptors (Lipinski definition) is 3. The van der Waals surface area contributed by atoms with Gasteiger partial charge in [0.1, 0.15) is 11.2 Å². The zero-order chi connectivity index (χ0) is 15.5. The van der Waals surface area contributed by atoms with Crippen molar-refractivity contribution in [2.24, 2.45) is 11.1 Å². The van der Waals surface area contributed by atoms with Crippen molar-refractivity contribution in [2.75, 3.05) is 5.32 Å². The number of halogens is 1. The molecule has 0 radical (unpaired) electrons. The Bertz CT molecular complexity index is 601. The Morgan fingerprint density at radius 1 is 1.38 bits per heavy atom. The van der Waals surface area contributed by atoms with Gasteiger partial charge in [-0.25, -0.2) is 4.39 Å². The average molecular weight is 292 g/mol. The molecule has 1 aromatic rings. The van der Waals surface area contributed by atoms with Gasteiger partial charge in [0, 0.05) is 17.8 Å². The summed E-state index contributed by atoms with van der Waals surface area (Å²) in [6.07, 6.45) is 4.44. The normalized spacial score (nSPS) is 21.0. The molecule has 0 fully saturated rings. The van der Waals surface area contributed by atoms with Crippen molar-refractivity contribution in [3.8, 4) is 0 Å². The number of anilines is 1. The first-order chi connectivity index (χ1) is 9.99. The highest BCUT2D eigenvalue weighted by atomic mass is 19.1. The number of carbonyl (C=O) groups excluding carboxylic acids is 1. The van der Waals surface area contributed by atoms with Crippen molar-refractivity contribution in [3.05, 3.63) is 41.7 Å². The second kappa shape index (κ2) is 6.05. The predicted molar refractivity (Wildman–Crippen MR) is 76.0 cm³/mol. The maximum atomic E-state index is 13.6. The van der Waals surface area contributed by atoms with Crippen LogP contribution in [0.15, 0.2) is 30.4 Å². The standard InChI is InChI=1S/C15H17FN2O3/c16-12-8-11(5-4-10(12)9-17)18-13(19)15(14(20)21)6-2-1-3-7-15/h1-2,4-5,8H,3,6-7,9,17H2,(H,18,19)(H,20,21). The van der Waals surface area contributed by atoms with Crippen LogP contribution >= 0.6 is 0 Å². The highest BCUT2D eigenvalue weighted by Crippen LogP contribution is 2.34. The fourth-order valence-corrected chi connectivity index (χ4v) is 2.37. The number of carbonyl (C=O) groups is 2. The maximum absolute atomic E-state index is 13.6. The zero-order valence-corrected chi connectivity index (χ0v) is 11.4. The Balaban J connectivity index is 2.21. The first-order valence-electron chi connectivity index (χ1n) is 6.68. The fraction of sp³-hybridized carbons (Fsp3) is 0.333. The Labute approximate surface area is 121 Å². The second-order valence-electron chi connectivity index (χ2n) is 5.07. The van der Waals surface area contributed by atoms with E-state index in [1.807, 2.05) is 6.08 Å². The molecule has 1 aliphatic carbocycles. The first-order valence-corrected chi connectivity index (χ1v) is 6.68. The summed E-state index contributed by atoms with van der Waals surface area (Å²) in [5.41, 5.74) is 4.44. The quantitative estimate of drug-likeness (QED) is 0.585. The number of amides is 1. The molecule has 0 spiro atoms. The highest BCUT2D eigenvalue weighted by molar-refractivity contribution is 6.08. The van der Waals surface area contributed by atoms with Crippen LogP contribution in [0.3, 0.4) is 0 Å². The molecule has 1 aromatic carbocycles. The monoisotopic (exact) mass is 292 g/mol. The number of nitrogens with one attached hydrogen (secondary N) is 1. The topological polar surface area (TPSA) is 92.4 Å². The molecule has 1 unspecified atom stereocenters. The molecule has 0 aliphatic heterocycles. The molecule has 2 rings (SSSR count). The molecule has 0 saturated carbocycles. The van der Waals surface area contributed by atoms with Gasteiger partial charge in [-0.15, -0.1) is 0 Å². The Kier molecular flexibility index (Phi) is 4.37. The number of hydrogen-bond donors (Lipinski definition) is 3. The van der Waals surface area contributed by atoms with Gasteiger partial charge in [-0.3, -0.25) is 9.59 Å². The summed E-state index contributed by atoms with van der Waals surface area (Å²) in [4.78, 5) is 23.8. The third kappa shape index (κ3) is 2.95. The van der Waals surface area contributed by atoms with Gasteiger partial charge >= 0.3 is 5.97 Å². The Morgan fingerprint density at radius 3 is 2.67 bits per heavy atom. The summed E-state index contributed by atoms with van der Waals surface area (Å²) >= 11 is 0. The van der Waals surface area contributed by atoms with Crippen LogP contribution in [0.1, 0.15) is 24.8 Å². The van der Waals surface area contributed by atoms with Gasteiger partial charge in [-0.2, -0.15) is 0 Å². The lowest BCUT2D eigenvalue weighted by Crippen LogP contribution is -2.43. The van der Waals surface area contributed by atoms with Crippen molar-refractivity contribution < 1.29 is 19.1 Å². The van der Waals surface area contributed by atoms with Crippen LogP contribution in [0.5, 0.6) is 0 Å². The number of rotatable bonds is 4. The molecule has 0 saturated heterocycles. The summed E-state index contributed by atoms with van der Waals surface area (Å²) < 4.78 is 13.6. The molecule has 4 N–H and O–H groups in total. The lowest BCUT2D eigenvalue weighted by atomic mass is 9.76. The molecule has 0 heterocycles. The molecule has 5 nitrogen and oxygen atoms in total. The lowest BCUT2D eigenvalue weighted by molar-refractivity contribution is -0.154. The van der Waals surface area contributed by atoms with Crippen LogP contribution in [-0.2, 0) is 16.1 Å². The molecular formula is C15H17FN2O3.